The van der Waals surface area contributed by atoms with Crippen molar-refractivity contribution in [1.29, 1.82) is 5.26 Å². The molecule has 1 aromatic rings. The number of hydrogen-bond donors (Lipinski definition) is 1. The first-order valence-corrected chi connectivity index (χ1v) is 3.84. The molecule has 0 spiro atoms. The lowest BCUT2D eigenvalue weighted by Crippen LogP contribution is -2.13. The van der Waals surface area contributed by atoms with E-state index >= 15 is 0 Å². The number of nitrogens with zero attached hydrogens (tertiary/aromatic N) is 1. The lowest BCUT2D eigenvalue weighted by Gasteiger charge is -2.10. The molecule has 1 N–H and O–H groups in total. The first kappa shape index (κ1) is 8.25. The molecule has 1 atom stereocenters. The summed E-state index contributed by atoms with van der Waals surface area (Å²) in [4.78, 5) is 0. The van der Waals surface area contributed by atoms with Crippen molar-refractivity contribution < 1.29 is 5.11 Å². The van der Waals surface area contributed by atoms with Crippen LogP contribution in [0.15, 0.2) is 30.3 Å². The van der Waals surface area contributed by atoms with E-state index < -0.39 is 4.51 Å². The standard InChI is InChI=1S/C8H6BrNO/c9-8(11,6-10)7-4-2-1-3-5-7/h1-5,11H. The zero-order valence-electron chi connectivity index (χ0n) is 5.66. The average molecular weight is 212 g/mol. The number of benzene rings is 1. The Bertz CT molecular complexity index is 276. The smallest absolute Gasteiger partial charge is 0.233 e. The highest BCUT2D eigenvalue weighted by Crippen LogP contribution is 2.26. The molecule has 0 saturated heterocycles. The Hall–Kier alpha value is -0.850. The highest BCUT2D eigenvalue weighted by Gasteiger charge is 2.23. The molecule has 0 aliphatic carbocycles. The van der Waals surface area contributed by atoms with E-state index in [0.29, 0.717) is 5.56 Å². The van der Waals surface area contributed by atoms with E-state index in [1.54, 1.807) is 30.3 Å². The van der Waals surface area contributed by atoms with Gasteiger partial charge in [-0.25, -0.2) is 0 Å². The summed E-state index contributed by atoms with van der Waals surface area (Å²) in [7, 11) is 0. The first-order valence-electron chi connectivity index (χ1n) is 3.05. The Morgan fingerprint density at radius 2 is 1.91 bits per heavy atom. The third kappa shape index (κ3) is 1.79. The fourth-order valence-corrected chi connectivity index (χ4v) is 0.988. The summed E-state index contributed by atoms with van der Waals surface area (Å²) in [5.41, 5.74) is 0.544. The van der Waals surface area contributed by atoms with Gasteiger partial charge in [0.2, 0.25) is 4.51 Å². The van der Waals surface area contributed by atoms with Crippen LogP contribution in [0.25, 0.3) is 0 Å². The fraction of sp³-hybridized carbons (Fsp3) is 0.125. The molecule has 0 saturated carbocycles. The summed E-state index contributed by atoms with van der Waals surface area (Å²) in [6, 6.07) is 10.4. The molecule has 0 heterocycles. The van der Waals surface area contributed by atoms with Crippen LogP contribution >= 0.6 is 15.9 Å². The van der Waals surface area contributed by atoms with E-state index in [1.807, 2.05) is 6.07 Å². The fourth-order valence-electron chi connectivity index (χ4n) is 0.724. The number of aliphatic hydroxyl groups is 1. The van der Waals surface area contributed by atoms with Crippen LogP contribution in [0, 0.1) is 11.3 Å². The zero-order valence-corrected chi connectivity index (χ0v) is 7.25. The molecule has 1 rings (SSSR count). The lowest BCUT2D eigenvalue weighted by molar-refractivity contribution is 0.206. The van der Waals surface area contributed by atoms with Gasteiger partial charge in [-0.3, -0.25) is 0 Å². The van der Waals surface area contributed by atoms with Gasteiger partial charge in [0.25, 0.3) is 0 Å². The van der Waals surface area contributed by atoms with E-state index in [9.17, 15) is 5.11 Å². The number of hydrogen-bond acceptors (Lipinski definition) is 2. The van der Waals surface area contributed by atoms with Gasteiger partial charge in [-0.2, -0.15) is 5.26 Å². The van der Waals surface area contributed by atoms with Gasteiger partial charge in [0, 0.05) is 5.56 Å². The molecule has 3 heteroatoms. The van der Waals surface area contributed by atoms with Gasteiger partial charge in [-0.15, -0.1) is 0 Å². The molecule has 2 nitrogen and oxygen atoms in total. The van der Waals surface area contributed by atoms with Crippen molar-refractivity contribution in [3.8, 4) is 6.07 Å². The molecule has 0 fully saturated rings. The second kappa shape index (κ2) is 3.04. The minimum atomic E-state index is -1.55. The first-order chi connectivity index (χ1) is 5.17. The maximum absolute atomic E-state index is 9.35. The van der Waals surface area contributed by atoms with Crippen LogP contribution < -0.4 is 0 Å². The van der Waals surface area contributed by atoms with E-state index in [-0.39, 0.29) is 0 Å². The molecule has 1 aromatic carbocycles. The topological polar surface area (TPSA) is 44.0 Å². The SMILES string of the molecule is N#CC(O)(Br)c1ccccc1. The predicted octanol–water partition coefficient (Wildman–Crippen LogP) is 1.75. The number of halogens is 1. The van der Waals surface area contributed by atoms with Crippen molar-refractivity contribution in [1.82, 2.24) is 0 Å². The van der Waals surface area contributed by atoms with Crippen molar-refractivity contribution in [2.75, 3.05) is 0 Å². The van der Waals surface area contributed by atoms with Crippen LogP contribution in [0.1, 0.15) is 5.56 Å². The number of nitriles is 1. The highest BCUT2D eigenvalue weighted by molar-refractivity contribution is 9.09. The summed E-state index contributed by atoms with van der Waals surface area (Å²) in [5.74, 6) is 0. The monoisotopic (exact) mass is 211 g/mol. The van der Waals surface area contributed by atoms with Gasteiger partial charge in [-0.1, -0.05) is 30.3 Å². The maximum atomic E-state index is 9.35. The Morgan fingerprint density at radius 3 is 2.36 bits per heavy atom. The van der Waals surface area contributed by atoms with Crippen LogP contribution in [-0.4, -0.2) is 5.11 Å². The molecule has 0 aliphatic heterocycles. The summed E-state index contributed by atoms with van der Waals surface area (Å²) in [5, 5.41) is 17.9. The number of alkyl halides is 1. The Balaban J connectivity index is 3.05. The second-order valence-electron chi connectivity index (χ2n) is 2.10. The van der Waals surface area contributed by atoms with Crippen molar-refractivity contribution in [2.24, 2.45) is 0 Å². The molecule has 0 amide bonds. The van der Waals surface area contributed by atoms with Crippen LogP contribution in [-0.2, 0) is 4.51 Å². The van der Waals surface area contributed by atoms with E-state index in [2.05, 4.69) is 15.9 Å². The van der Waals surface area contributed by atoms with Gasteiger partial charge in [-0.05, 0) is 15.9 Å². The Kier molecular flexibility index (Phi) is 2.28. The molecule has 0 bridgehead atoms. The largest absolute Gasteiger partial charge is 0.363 e. The molecule has 0 aliphatic rings. The average Bonchev–Trinajstić information content (AvgIpc) is 2.06. The number of rotatable bonds is 1. The van der Waals surface area contributed by atoms with Crippen LogP contribution in [0.5, 0.6) is 0 Å². The Morgan fingerprint density at radius 1 is 1.36 bits per heavy atom. The van der Waals surface area contributed by atoms with E-state index in [4.69, 9.17) is 5.26 Å². The molecule has 0 radical (unpaired) electrons. The quantitative estimate of drug-likeness (QED) is 0.569. The van der Waals surface area contributed by atoms with E-state index in [0.717, 1.165) is 0 Å². The normalized spacial score (nSPS) is 15.0. The third-order valence-electron chi connectivity index (χ3n) is 1.30. The lowest BCUT2D eigenvalue weighted by atomic mass is 10.1. The molecule has 1 unspecified atom stereocenters. The second-order valence-corrected chi connectivity index (χ2v) is 3.25. The van der Waals surface area contributed by atoms with Crippen LogP contribution in [0.3, 0.4) is 0 Å². The third-order valence-corrected chi connectivity index (χ3v) is 1.94. The van der Waals surface area contributed by atoms with Gasteiger partial charge in [0.1, 0.15) is 6.07 Å². The van der Waals surface area contributed by atoms with Gasteiger partial charge in [0.05, 0.1) is 0 Å². The summed E-state index contributed by atoms with van der Waals surface area (Å²) < 4.78 is -1.55. The molecule has 56 valence electrons. The minimum absolute atomic E-state index is 0.544. The van der Waals surface area contributed by atoms with Crippen LogP contribution in [0.2, 0.25) is 0 Å². The van der Waals surface area contributed by atoms with Gasteiger partial charge in [0.15, 0.2) is 0 Å². The van der Waals surface area contributed by atoms with E-state index in [1.165, 1.54) is 0 Å². The molecular formula is C8H6BrNO. The van der Waals surface area contributed by atoms with Crippen molar-refractivity contribution >= 4 is 15.9 Å². The van der Waals surface area contributed by atoms with Gasteiger partial charge < -0.3 is 5.11 Å². The summed E-state index contributed by atoms with van der Waals surface area (Å²) in [6.07, 6.45) is 0. The predicted molar refractivity (Wildman–Crippen MR) is 44.9 cm³/mol. The summed E-state index contributed by atoms with van der Waals surface area (Å²) in [6.45, 7) is 0. The molecule has 11 heavy (non-hydrogen) atoms. The molecular weight excluding hydrogens is 206 g/mol. The van der Waals surface area contributed by atoms with Crippen LogP contribution in [0.4, 0.5) is 0 Å². The van der Waals surface area contributed by atoms with Gasteiger partial charge >= 0.3 is 0 Å². The maximum Gasteiger partial charge on any atom is 0.233 e. The van der Waals surface area contributed by atoms with Crippen molar-refractivity contribution in [2.45, 2.75) is 4.51 Å². The van der Waals surface area contributed by atoms with Crippen molar-refractivity contribution in [3.05, 3.63) is 35.9 Å². The zero-order chi connectivity index (χ0) is 8.32. The summed E-state index contributed by atoms with van der Waals surface area (Å²) >= 11 is 2.88. The Labute approximate surface area is 73.2 Å². The minimum Gasteiger partial charge on any atom is -0.363 e. The van der Waals surface area contributed by atoms with Crippen molar-refractivity contribution in [3.63, 3.8) is 0 Å². The highest BCUT2D eigenvalue weighted by atomic mass is 79.9. The molecule has 0 aromatic heterocycles.